The highest BCUT2D eigenvalue weighted by atomic mass is 19.4. The maximum Gasteiger partial charge on any atom is 0.413 e. The summed E-state index contributed by atoms with van der Waals surface area (Å²) in [5, 5.41) is 0. The molecule has 0 rings (SSSR count). The highest BCUT2D eigenvalue weighted by Crippen LogP contribution is 2.29. The first kappa shape index (κ1) is 13.0. The molecule has 3 heteroatoms. The van der Waals surface area contributed by atoms with Gasteiger partial charge in [0.2, 0.25) is 0 Å². The van der Waals surface area contributed by atoms with Crippen molar-refractivity contribution in [2.45, 2.75) is 32.9 Å². The lowest BCUT2D eigenvalue weighted by Crippen LogP contribution is -2.11. The Balaban J connectivity index is 4.59. The van der Waals surface area contributed by atoms with Crippen LogP contribution in [0.15, 0.2) is 36.0 Å². The molecule has 0 atom stereocenters. The second kappa shape index (κ2) is 5.68. The SMILES string of the molecule is C=C(C)/C=C(\C/C=C\CC)C(F)(F)F. The van der Waals surface area contributed by atoms with Crippen LogP contribution in [0.5, 0.6) is 0 Å². The van der Waals surface area contributed by atoms with E-state index >= 15 is 0 Å². The molecule has 0 aromatic rings. The molecule has 0 saturated heterocycles. The molecule has 0 saturated carbocycles. The zero-order valence-electron chi connectivity index (χ0n) is 8.49. The minimum Gasteiger partial charge on any atom is -0.166 e. The van der Waals surface area contributed by atoms with Crippen LogP contribution in [-0.4, -0.2) is 6.18 Å². The first-order valence-corrected chi connectivity index (χ1v) is 4.46. The molecular weight excluding hydrogens is 189 g/mol. The maximum absolute atomic E-state index is 12.4. The first-order valence-electron chi connectivity index (χ1n) is 4.46. The number of rotatable bonds is 4. The van der Waals surface area contributed by atoms with Gasteiger partial charge in [-0.15, -0.1) is 0 Å². The summed E-state index contributed by atoms with van der Waals surface area (Å²) < 4.78 is 37.1. The molecule has 0 aromatic carbocycles. The lowest BCUT2D eigenvalue weighted by atomic mass is 10.1. The van der Waals surface area contributed by atoms with Crippen molar-refractivity contribution in [1.29, 1.82) is 0 Å². The first-order chi connectivity index (χ1) is 6.38. The fraction of sp³-hybridized carbons (Fsp3) is 0.455. The maximum atomic E-state index is 12.4. The summed E-state index contributed by atoms with van der Waals surface area (Å²) in [6.07, 6.45) is 0.750. The van der Waals surface area contributed by atoms with Gasteiger partial charge in [-0.25, -0.2) is 0 Å². The van der Waals surface area contributed by atoms with Gasteiger partial charge in [0, 0.05) is 5.57 Å². The molecule has 0 nitrogen and oxygen atoms in total. The van der Waals surface area contributed by atoms with E-state index in [0.717, 1.165) is 12.5 Å². The van der Waals surface area contributed by atoms with Crippen LogP contribution < -0.4 is 0 Å². The van der Waals surface area contributed by atoms with E-state index in [4.69, 9.17) is 0 Å². The molecule has 0 unspecified atom stereocenters. The van der Waals surface area contributed by atoms with Gasteiger partial charge in [-0.2, -0.15) is 13.2 Å². The van der Waals surface area contributed by atoms with Crippen molar-refractivity contribution >= 4 is 0 Å². The Morgan fingerprint density at radius 3 is 2.21 bits per heavy atom. The van der Waals surface area contributed by atoms with E-state index < -0.39 is 11.7 Å². The van der Waals surface area contributed by atoms with Crippen molar-refractivity contribution in [2.75, 3.05) is 0 Å². The zero-order chi connectivity index (χ0) is 11.2. The normalized spacial score (nSPS) is 13.6. The van der Waals surface area contributed by atoms with Gasteiger partial charge in [-0.1, -0.05) is 37.3 Å². The molecule has 0 aliphatic carbocycles. The van der Waals surface area contributed by atoms with Crippen molar-refractivity contribution in [3.63, 3.8) is 0 Å². The van der Waals surface area contributed by atoms with Crippen molar-refractivity contribution in [2.24, 2.45) is 0 Å². The molecule has 0 amide bonds. The van der Waals surface area contributed by atoms with Gasteiger partial charge in [0.05, 0.1) is 0 Å². The van der Waals surface area contributed by atoms with Gasteiger partial charge in [0.15, 0.2) is 0 Å². The monoisotopic (exact) mass is 204 g/mol. The quantitative estimate of drug-likeness (QED) is 0.470. The smallest absolute Gasteiger partial charge is 0.166 e. The molecule has 0 fully saturated rings. The fourth-order valence-corrected chi connectivity index (χ4v) is 0.931. The van der Waals surface area contributed by atoms with Crippen LogP contribution in [-0.2, 0) is 0 Å². The van der Waals surface area contributed by atoms with Crippen molar-refractivity contribution in [3.05, 3.63) is 36.0 Å². The largest absolute Gasteiger partial charge is 0.413 e. The second-order valence-electron chi connectivity index (χ2n) is 3.10. The topological polar surface area (TPSA) is 0 Å². The van der Waals surface area contributed by atoms with Gasteiger partial charge < -0.3 is 0 Å². The van der Waals surface area contributed by atoms with Gasteiger partial charge in [0.25, 0.3) is 0 Å². The van der Waals surface area contributed by atoms with E-state index in [2.05, 4.69) is 6.58 Å². The van der Waals surface area contributed by atoms with Crippen LogP contribution in [0.2, 0.25) is 0 Å². The molecule has 0 bridgehead atoms. The van der Waals surface area contributed by atoms with Gasteiger partial charge >= 0.3 is 6.18 Å². The lowest BCUT2D eigenvalue weighted by molar-refractivity contribution is -0.0929. The van der Waals surface area contributed by atoms with E-state index in [9.17, 15) is 13.2 Å². The number of hydrogen-bond donors (Lipinski definition) is 0. The summed E-state index contributed by atoms with van der Waals surface area (Å²) >= 11 is 0. The number of hydrogen-bond acceptors (Lipinski definition) is 0. The third-order valence-electron chi connectivity index (χ3n) is 1.52. The number of allylic oxidation sites excluding steroid dienone is 5. The van der Waals surface area contributed by atoms with E-state index in [1.807, 2.05) is 6.92 Å². The highest BCUT2D eigenvalue weighted by molar-refractivity contribution is 5.24. The number of alkyl halides is 3. The predicted octanol–water partition coefficient (Wildman–Crippen LogP) is 4.41. The summed E-state index contributed by atoms with van der Waals surface area (Å²) in [6.45, 7) is 6.87. The number of halogens is 3. The van der Waals surface area contributed by atoms with E-state index in [0.29, 0.717) is 5.57 Å². The molecular formula is C11H15F3. The standard InChI is InChI=1S/C11H15F3/c1-4-5-6-7-10(8-9(2)3)11(12,13)14/h5-6,8H,2,4,7H2,1,3H3/b6-5-,10-8+. The van der Waals surface area contributed by atoms with Crippen molar-refractivity contribution < 1.29 is 13.2 Å². The Kier molecular flexibility index (Phi) is 5.28. The average Bonchev–Trinajstić information content (AvgIpc) is 2.00. The fourth-order valence-electron chi connectivity index (χ4n) is 0.931. The van der Waals surface area contributed by atoms with Gasteiger partial charge in [-0.3, -0.25) is 0 Å². The molecule has 80 valence electrons. The van der Waals surface area contributed by atoms with E-state index in [-0.39, 0.29) is 6.42 Å². The summed E-state index contributed by atoms with van der Waals surface area (Å²) in [5.74, 6) is 0. The molecule has 0 radical (unpaired) electrons. The highest BCUT2D eigenvalue weighted by Gasteiger charge is 2.32. The summed E-state index contributed by atoms with van der Waals surface area (Å²) in [7, 11) is 0. The Bertz CT molecular complexity index is 244. The minimum absolute atomic E-state index is 0.0792. The molecule has 0 aliphatic heterocycles. The molecule has 0 N–H and O–H groups in total. The molecule has 0 spiro atoms. The molecule has 0 aliphatic rings. The Labute approximate surface area is 82.8 Å². The van der Waals surface area contributed by atoms with Crippen LogP contribution in [0.25, 0.3) is 0 Å². The van der Waals surface area contributed by atoms with Crippen molar-refractivity contribution in [3.8, 4) is 0 Å². The molecule has 0 heterocycles. The van der Waals surface area contributed by atoms with E-state index in [1.54, 1.807) is 13.0 Å². The van der Waals surface area contributed by atoms with E-state index in [1.165, 1.54) is 6.08 Å². The zero-order valence-corrected chi connectivity index (χ0v) is 8.49. The van der Waals surface area contributed by atoms with Gasteiger partial charge in [-0.05, 0) is 19.8 Å². The Morgan fingerprint density at radius 2 is 1.86 bits per heavy atom. The molecule has 0 aromatic heterocycles. The third-order valence-corrected chi connectivity index (χ3v) is 1.52. The average molecular weight is 204 g/mol. The van der Waals surface area contributed by atoms with Gasteiger partial charge in [0.1, 0.15) is 0 Å². The van der Waals surface area contributed by atoms with Crippen LogP contribution in [0.3, 0.4) is 0 Å². The predicted molar refractivity (Wildman–Crippen MR) is 53.0 cm³/mol. The van der Waals surface area contributed by atoms with Crippen LogP contribution in [0.1, 0.15) is 26.7 Å². The van der Waals surface area contributed by atoms with Crippen LogP contribution >= 0.6 is 0 Å². The summed E-state index contributed by atoms with van der Waals surface area (Å²) in [5.41, 5.74) is -0.128. The summed E-state index contributed by atoms with van der Waals surface area (Å²) in [6, 6.07) is 0. The Morgan fingerprint density at radius 1 is 1.29 bits per heavy atom. The lowest BCUT2D eigenvalue weighted by Gasteiger charge is -2.09. The Hall–Kier alpha value is -0.990. The summed E-state index contributed by atoms with van der Waals surface area (Å²) in [4.78, 5) is 0. The minimum atomic E-state index is -4.25. The second-order valence-corrected chi connectivity index (χ2v) is 3.10. The van der Waals surface area contributed by atoms with Crippen LogP contribution in [0, 0.1) is 0 Å². The third kappa shape index (κ3) is 5.62. The van der Waals surface area contributed by atoms with Crippen molar-refractivity contribution in [1.82, 2.24) is 0 Å². The molecule has 14 heavy (non-hydrogen) atoms. The van der Waals surface area contributed by atoms with Crippen LogP contribution in [0.4, 0.5) is 13.2 Å².